The van der Waals surface area contributed by atoms with E-state index in [1.807, 2.05) is 30.3 Å². The summed E-state index contributed by atoms with van der Waals surface area (Å²) in [5, 5.41) is 4.60. The molecule has 0 unspecified atom stereocenters. The van der Waals surface area contributed by atoms with E-state index < -0.39 is 0 Å². The Balaban J connectivity index is 1.29. The van der Waals surface area contributed by atoms with Gasteiger partial charge in [-0.3, -0.25) is 4.57 Å². The Kier molecular flexibility index (Phi) is 5.47. The summed E-state index contributed by atoms with van der Waals surface area (Å²) in [7, 11) is 0. The Morgan fingerprint density at radius 3 is 1.77 bits per heavy atom. The largest absolute Gasteiger partial charge is 0.456 e. The standard InChI is InChI=1S/C40H25N3O/c1-2-12-26(13-3-1)34-25-35(42-40(41-34)43-36-19-9-6-16-30(36)31-17-7-10-20-37(31)43)29-15-5-4-14-28(29)27-22-23-33-32-18-8-11-21-38(32)44-39(33)24-27/h1-25H. The van der Waals surface area contributed by atoms with Gasteiger partial charge in [-0.05, 0) is 47.5 Å². The van der Waals surface area contributed by atoms with Gasteiger partial charge in [0, 0.05) is 32.7 Å². The smallest absolute Gasteiger partial charge is 0.235 e. The van der Waals surface area contributed by atoms with Gasteiger partial charge in [0.25, 0.3) is 0 Å². The summed E-state index contributed by atoms with van der Waals surface area (Å²) in [5.74, 6) is 0.640. The zero-order chi connectivity index (χ0) is 29.0. The quantitative estimate of drug-likeness (QED) is 0.214. The summed E-state index contributed by atoms with van der Waals surface area (Å²) in [4.78, 5) is 10.5. The van der Waals surface area contributed by atoms with E-state index >= 15 is 0 Å². The number of nitrogens with zero attached hydrogens (tertiary/aromatic N) is 3. The molecule has 44 heavy (non-hydrogen) atoms. The first-order valence-corrected chi connectivity index (χ1v) is 14.8. The lowest BCUT2D eigenvalue weighted by atomic mass is 9.96. The highest BCUT2D eigenvalue weighted by atomic mass is 16.3. The Bertz CT molecular complexity index is 2450. The summed E-state index contributed by atoms with van der Waals surface area (Å²) >= 11 is 0. The monoisotopic (exact) mass is 563 g/mol. The molecule has 0 amide bonds. The van der Waals surface area contributed by atoms with Crippen molar-refractivity contribution in [3.05, 3.63) is 152 Å². The molecule has 0 aliphatic carbocycles. The van der Waals surface area contributed by atoms with E-state index in [1.165, 1.54) is 10.8 Å². The van der Waals surface area contributed by atoms with Gasteiger partial charge in [-0.1, -0.05) is 115 Å². The van der Waals surface area contributed by atoms with E-state index in [0.29, 0.717) is 5.95 Å². The molecule has 0 N–H and O–H groups in total. The van der Waals surface area contributed by atoms with E-state index in [0.717, 1.165) is 66.6 Å². The van der Waals surface area contributed by atoms with Crippen molar-refractivity contribution < 1.29 is 4.42 Å². The van der Waals surface area contributed by atoms with Crippen LogP contribution in [0.5, 0.6) is 0 Å². The molecule has 9 aromatic rings. The second-order valence-electron chi connectivity index (χ2n) is 11.0. The average Bonchev–Trinajstić information content (AvgIpc) is 3.64. The van der Waals surface area contributed by atoms with Gasteiger partial charge in [-0.2, -0.15) is 0 Å². The van der Waals surface area contributed by atoms with Crippen molar-refractivity contribution in [1.29, 1.82) is 0 Å². The predicted octanol–water partition coefficient (Wildman–Crippen LogP) is 10.5. The van der Waals surface area contributed by atoms with Crippen LogP contribution in [0.3, 0.4) is 0 Å². The van der Waals surface area contributed by atoms with Crippen molar-refractivity contribution in [3.63, 3.8) is 0 Å². The molecule has 206 valence electrons. The molecular weight excluding hydrogens is 538 g/mol. The van der Waals surface area contributed by atoms with Crippen molar-refractivity contribution in [2.75, 3.05) is 0 Å². The topological polar surface area (TPSA) is 43.9 Å². The van der Waals surface area contributed by atoms with Gasteiger partial charge in [0.15, 0.2) is 0 Å². The van der Waals surface area contributed by atoms with Crippen LogP contribution in [-0.4, -0.2) is 14.5 Å². The Morgan fingerprint density at radius 1 is 0.409 bits per heavy atom. The zero-order valence-electron chi connectivity index (χ0n) is 23.7. The second-order valence-corrected chi connectivity index (χ2v) is 11.0. The van der Waals surface area contributed by atoms with E-state index in [9.17, 15) is 0 Å². The number of hydrogen-bond acceptors (Lipinski definition) is 3. The van der Waals surface area contributed by atoms with Crippen molar-refractivity contribution in [1.82, 2.24) is 14.5 Å². The molecule has 3 aromatic heterocycles. The molecule has 6 aromatic carbocycles. The van der Waals surface area contributed by atoms with Crippen LogP contribution in [0.4, 0.5) is 0 Å². The SMILES string of the molecule is c1ccc(-c2cc(-c3ccccc3-c3ccc4c(c3)oc3ccccc34)nc(-n3c4ccccc4c4ccccc43)n2)cc1. The molecule has 4 heteroatoms. The number of benzene rings is 6. The first-order valence-electron chi connectivity index (χ1n) is 14.8. The minimum absolute atomic E-state index is 0.640. The number of para-hydroxylation sites is 3. The van der Waals surface area contributed by atoms with Crippen molar-refractivity contribution >= 4 is 43.7 Å². The highest BCUT2D eigenvalue weighted by Crippen LogP contribution is 2.38. The van der Waals surface area contributed by atoms with Crippen LogP contribution in [0.15, 0.2) is 156 Å². The molecule has 0 saturated carbocycles. The molecule has 3 heterocycles. The summed E-state index contributed by atoms with van der Waals surface area (Å²) < 4.78 is 8.44. The molecule has 0 spiro atoms. The van der Waals surface area contributed by atoms with Gasteiger partial charge in [0.1, 0.15) is 11.2 Å². The van der Waals surface area contributed by atoms with Gasteiger partial charge < -0.3 is 4.42 Å². The summed E-state index contributed by atoms with van der Waals surface area (Å²) in [5.41, 5.74) is 9.88. The Hall–Kier alpha value is -6.00. The maximum atomic E-state index is 6.26. The normalized spacial score (nSPS) is 11.6. The van der Waals surface area contributed by atoms with Crippen molar-refractivity contribution in [2.45, 2.75) is 0 Å². The molecule has 0 bridgehead atoms. The van der Waals surface area contributed by atoms with Crippen molar-refractivity contribution in [2.24, 2.45) is 0 Å². The lowest BCUT2D eigenvalue weighted by Gasteiger charge is -2.14. The fraction of sp³-hybridized carbons (Fsp3) is 0. The predicted molar refractivity (Wildman–Crippen MR) is 180 cm³/mol. The number of aromatic nitrogens is 3. The number of rotatable bonds is 4. The summed E-state index contributed by atoms with van der Waals surface area (Å²) in [6, 6.07) is 52.5. The molecule has 0 aliphatic heterocycles. The number of hydrogen-bond donors (Lipinski definition) is 0. The number of furan rings is 1. The second kappa shape index (κ2) is 9.79. The van der Waals surface area contributed by atoms with Crippen LogP contribution in [0, 0.1) is 0 Å². The van der Waals surface area contributed by atoms with Crippen LogP contribution < -0.4 is 0 Å². The molecule has 0 saturated heterocycles. The fourth-order valence-corrected chi connectivity index (χ4v) is 6.42. The number of fused-ring (bicyclic) bond motifs is 6. The third-order valence-corrected chi connectivity index (χ3v) is 8.46. The average molecular weight is 564 g/mol. The zero-order valence-corrected chi connectivity index (χ0v) is 23.7. The maximum absolute atomic E-state index is 6.26. The van der Waals surface area contributed by atoms with E-state index in [4.69, 9.17) is 14.4 Å². The van der Waals surface area contributed by atoms with Crippen LogP contribution in [-0.2, 0) is 0 Å². The lowest BCUT2D eigenvalue weighted by molar-refractivity contribution is 0.669. The molecule has 0 fully saturated rings. The van der Waals surface area contributed by atoms with E-state index in [-0.39, 0.29) is 0 Å². The van der Waals surface area contributed by atoms with Crippen LogP contribution in [0.25, 0.3) is 83.3 Å². The third-order valence-electron chi connectivity index (χ3n) is 8.46. The highest BCUT2D eigenvalue weighted by Gasteiger charge is 2.18. The van der Waals surface area contributed by atoms with E-state index in [1.54, 1.807) is 0 Å². The summed E-state index contributed by atoms with van der Waals surface area (Å²) in [6.45, 7) is 0. The lowest BCUT2D eigenvalue weighted by Crippen LogP contribution is -2.04. The molecule has 4 nitrogen and oxygen atoms in total. The molecule has 0 radical (unpaired) electrons. The first-order chi connectivity index (χ1) is 21.8. The van der Waals surface area contributed by atoms with Gasteiger partial charge in [0.2, 0.25) is 5.95 Å². The van der Waals surface area contributed by atoms with Gasteiger partial charge in [0.05, 0.1) is 22.4 Å². The molecule has 0 aliphatic rings. The first kappa shape index (κ1) is 24.6. The molecule has 0 atom stereocenters. The van der Waals surface area contributed by atoms with Gasteiger partial charge in [-0.25, -0.2) is 9.97 Å². The maximum Gasteiger partial charge on any atom is 0.235 e. The highest BCUT2D eigenvalue weighted by molar-refractivity contribution is 6.09. The molecule has 9 rings (SSSR count). The Labute approximate surface area is 253 Å². The molecular formula is C40H25N3O. The minimum Gasteiger partial charge on any atom is -0.456 e. The Morgan fingerprint density at radius 2 is 1.00 bits per heavy atom. The van der Waals surface area contributed by atoms with Gasteiger partial charge >= 0.3 is 0 Å². The van der Waals surface area contributed by atoms with Crippen LogP contribution in [0.2, 0.25) is 0 Å². The van der Waals surface area contributed by atoms with Crippen LogP contribution in [0.1, 0.15) is 0 Å². The van der Waals surface area contributed by atoms with E-state index in [2.05, 4.69) is 126 Å². The summed E-state index contributed by atoms with van der Waals surface area (Å²) in [6.07, 6.45) is 0. The van der Waals surface area contributed by atoms with Crippen molar-refractivity contribution in [3.8, 4) is 39.6 Å². The van der Waals surface area contributed by atoms with Gasteiger partial charge in [-0.15, -0.1) is 0 Å². The van der Waals surface area contributed by atoms with Crippen LogP contribution >= 0.6 is 0 Å². The minimum atomic E-state index is 0.640. The fourth-order valence-electron chi connectivity index (χ4n) is 6.42. The third kappa shape index (κ3) is 3.85.